The van der Waals surface area contributed by atoms with Crippen LogP contribution < -0.4 is 4.74 Å². The van der Waals surface area contributed by atoms with Crippen molar-refractivity contribution in [3.8, 4) is 11.5 Å². The van der Waals surface area contributed by atoms with E-state index in [1.165, 1.54) is 12.0 Å². The Hall–Kier alpha value is -1.71. The minimum absolute atomic E-state index is 0.117. The number of phenolic OH excluding ortho intramolecular Hbond substituents is 1. The zero-order chi connectivity index (χ0) is 10.7. The molecule has 4 heteroatoms. The summed E-state index contributed by atoms with van der Waals surface area (Å²) < 4.78 is 4.89. The number of rotatable bonds is 2. The van der Waals surface area contributed by atoms with E-state index in [9.17, 15) is 9.90 Å². The van der Waals surface area contributed by atoms with Crippen molar-refractivity contribution in [3.05, 3.63) is 23.8 Å². The highest BCUT2D eigenvalue weighted by Crippen LogP contribution is 2.29. The second-order valence-electron chi connectivity index (χ2n) is 3.06. The molecule has 1 aromatic rings. The van der Waals surface area contributed by atoms with Crippen molar-refractivity contribution in [2.75, 3.05) is 21.2 Å². The van der Waals surface area contributed by atoms with Crippen LogP contribution in [0.2, 0.25) is 0 Å². The van der Waals surface area contributed by atoms with Crippen molar-refractivity contribution in [2.24, 2.45) is 0 Å². The fourth-order valence-electron chi connectivity index (χ4n) is 1.10. The molecule has 0 heterocycles. The van der Waals surface area contributed by atoms with Crippen LogP contribution in [-0.4, -0.2) is 37.1 Å². The van der Waals surface area contributed by atoms with Gasteiger partial charge in [0.1, 0.15) is 0 Å². The number of hydrogen-bond donors (Lipinski definition) is 1. The molecule has 0 atom stereocenters. The summed E-state index contributed by atoms with van der Waals surface area (Å²) in [5.74, 6) is -0.0622. The third kappa shape index (κ3) is 1.79. The number of phenols is 1. The second kappa shape index (κ2) is 4.00. The molecule has 0 radical (unpaired) electrons. The first-order valence-corrected chi connectivity index (χ1v) is 4.15. The molecule has 0 bridgehead atoms. The topological polar surface area (TPSA) is 49.8 Å². The van der Waals surface area contributed by atoms with Gasteiger partial charge in [0, 0.05) is 14.1 Å². The lowest BCUT2D eigenvalue weighted by Crippen LogP contribution is -2.21. The van der Waals surface area contributed by atoms with Gasteiger partial charge in [-0.3, -0.25) is 4.79 Å². The average molecular weight is 195 g/mol. The van der Waals surface area contributed by atoms with Crippen LogP contribution in [0.15, 0.2) is 18.2 Å². The number of hydrogen-bond acceptors (Lipinski definition) is 3. The SMILES string of the molecule is COc1cccc(C(=O)N(C)C)c1O. The Labute approximate surface area is 82.7 Å². The Morgan fingerprint density at radius 3 is 2.57 bits per heavy atom. The Bertz CT molecular complexity index is 347. The molecule has 1 amide bonds. The number of carbonyl (C=O) groups excluding carboxylic acids is 1. The zero-order valence-corrected chi connectivity index (χ0v) is 8.44. The van der Waals surface area contributed by atoms with Crippen LogP contribution in [0.1, 0.15) is 10.4 Å². The summed E-state index contributed by atoms with van der Waals surface area (Å²) in [7, 11) is 4.70. The second-order valence-corrected chi connectivity index (χ2v) is 3.06. The van der Waals surface area contributed by atoms with Gasteiger partial charge in [-0.2, -0.15) is 0 Å². The predicted molar refractivity (Wildman–Crippen MR) is 52.7 cm³/mol. The fourth-order valence-corrected chi connectivity index (χ4v) is 1.10. The third-order valence-electron chi connectivity index (χ3n) is 1.86. The van der Waals surface area contributed by atoms with Crippen molar-refractivity contribution < 1.29 is 14.6 Å². The van der Waals surface area contributed by atoms with Crippen molar-refractivity contribution in [1.29, 1.82) is 0 Å². The number of carbonyl (C=O) groups is 1. The van der Waals surface area contributed by atoms with Gasteiger partial charge < -0.3 is 14.7 Å². The quantitative estimate of drug-likeness (QED) is 0.768. The van der Waals surface area contributed by atoms with Gasteiger partial charge >= 0.3 is 0 Å². The van der Waals surface area contributed by atoms with E-state index in [0.717, 1.165) is 0 Å². The number of para-hydroxylation sites is 1. The van der Waals surface area contributed by atoms with Crippen molar-refractivity contribution in [1.82, 2.24) is 4.90 Å². The van der Waals surface area contributed by atoms with Crippen molar-refractivity contribution in [3.63, 3.8) is 0 Å². The van der Waals surface area contributed by atoms with E-state index in [1.807, 2.05) is 0 Å². The highest BCUT2D eigenvalue weighted by atomic mass is 16.5. The van der Waals surface area contributed by atoms with E-state index in [0.29, 0.717) is 5.75 Å². The molecule has 14 heavy (non-hydrogen) atoms. The maximum absolute atomic E-state index is 11.5. The Balaban J connectivity index is 3.16. The highest BCUT2D eigenvalue weighted by molar-refractivity contribution is 5.97. The van der Waals surface area contributed by atoms with Gasteiger partial charge in [-0.1, -0.05) is 6.07 Å². The lowest BCUT2D eigenvalue weighted by Gasteiger charge is -2.12. The van der Waals surface area contributed by atoms with Crippen LogP contribution in [-0.2, 0) is 0 Å². The van der Waals surface area contributed by atoms with Gasteiger partial charge in [-0.25, -0.2) is 0 Å². The molecule has 1 aromatic carbocycles. The van der Waals surface area contributed by atoms with Gasteiger partial charge in [0.05, 0.1) is 12.7 Å². The Kier molecular flexibility index (Phi) is 2.96. The van der Waals surface area contributed by atoms with Gasteiger partial charge in [0.25, 0.3) is 5.91 Å². The maximum Gasteiger partial charge on any atom is 0.257 e. The molecule has 0 aliphatic rings. The maximum atomic E-state index is 11.5. The molecular weight excluding hydrogens is 182 g/mol. The van der Waals surface area contributed by atoms with Gasteiger partial charge in [0.2, 0.25) is 0 Å². The Morgan fingerprint density at radius 2 is 2.07 bits per heavy atom. The largest absolute Gasteiger partial charge is 0.504 e. The molecular formula is C10H13NO3. The van der Waals surface area contributed by atoms with E-state index >= 15 is 0 Å². The van der Waals surface area contributed by atoms with Crippen LogP contribution in [0.25, 0.3) is 0 Å². The fraction of sp³-hybridized carbons (Fsp3) is 0.300. The number of benzene rings is 1. The van der Waals surface area contributed by atoms with Crippen molar-refractivity contribution in [2.45, 2.75) is 0 Å². The summed E-state index contributed by atoms with van der Waals surface area (Å²) in [4.78, 5) is 12.9. The molecule has 1 rings (SSSR count). The van der Waals surface area contributed by atoms with E-state index < -0.39 is 0 Å². The average Bonchev–Trinajstić information content (AvgIpc) is 2.17. The first kappa shape index (κ1) is 10.4. The standard InChI is InChI=1S/C10H13NO3/c1-11(2)10(13)7-5-4-6-8(14-3)9(7)12/h4-6,12H,1-3H3. The summed E-state index contributed by atoms with van der Waals surface area (Å²) in [6.07, 6.45) is 0. The van der Waals surface area contributed by atoms with E-state index in [4.69, 9.17) is 4.74 Å². The van der Waals surface area contributed by atoms with Gasteiger partial charge in [0.15, 0.2) is 11.5 Å². The summed E-state index contributed by atoms with van der Waals surface area (Å²) in [6.45, 7) is 0. The normalized spacial score (nSPS) is 9.64. The van der Waals surface area contributed by atoms with E-state index in [2.05, 4.69) is 0 Å². The van der Waals surface area contributed by atoms with Crippen LogP contribution in [0.3, 0.4) is 0 Å². The summed E-state index contributed by atoms with van der Waals surface area (Å²) in [6, 6.07) is 4.82. The minimum atomic E-state index is -0.249. The molecule has 0 saturated carbocycles. The number of nitrogens with zero attached hydrogens (tertiary/aromatic N) is 1. The molecule has 0 aromatic heterocycles. The smallest absolute Gasteiger partial charge is 0.257 e. The highest BCUT2D eigenvalue weighted by Gasteiger charge is 2.15. The number of amides is 1. The third-order valence-corrected chi connectivity index (χ3v) is 1.86. The zero-order valence-electron chi connectivity index (χ0n) is 8.44. The summed E-state index contributed by atoms with van der Waals surface area (Å²) in [5, 5.41) is 9.64. The van der Waals surface area contributed by atoms with Gasteiger partial charge in [-0.05, 0) is 12.1 Å². The molecule has 0 aliphatic heterocycles. The van der Waals surface area contributed by atoms with Crippen LogP contribution in [0.5, 0.6) is 11.5 Å². The lowest BCUT2D eigenvalue weighted by molar-refractivity contribution is 0.0824. The molecule has 1 N–H and O–H groups in total. The predicted octanol–water partition coefficient (Wildman–Crippen LogP) is 1.10. The number of aromatic hydroxyl groups is 1. The van der Waals surface area contributed by atoms with Crippen LogP contribution in [0, 0.1) is 0 Å². The molecule has 0 spiro atoms. The molecule has 0 unspecified atom stereocenters. The van der Waals surface area contributed by atoms with E-state index in [-0.39, 0.29) is 17.2 Å². The van der Waals surface area contributed by atoms with Crippen LogP contribution >= 0.6 is 0 Å². The monoisotopic (exact) mass is 195 g/mol. The first-order chi connectivity index (χ1) is 6.57. The molecule has 0 saturated heterocycles. The van der Waals surface area contributed by atoms with Gasteiger partial charge in [-0.15, -0.1) is 0 Å². The number of methoxy groups -OCH3 is 1. The molecule has 0 fully saturated rings. The van der Waals surface area contributed by atoms with E-state index in [1.54, 1.807) is 32.3 Å². The Morgan fingerprint density at radius 1 is 1.43 bits per heavy atom. The molecule has 4 nitrogen and oxygen atoms in total. The molecule has 76 valence electrons. The number of ether oxygens (including phenoxy) is 1. The lowest BCUT2D eigenvalue weighted by atomic mass is 10.1. The van der Waals surface area contributed by atoms with Crippen molar-refractivity contribution >= 4 is 5.91 Å². The summed E-state index contributed by atoms with van der Waals surface area (Å²) >= 11 is 0. The first-order valence-electron chi connectivity index (χ1n) is 4.15. The van der Waals surface area contributed by atoms with Crippen LogP contribution in [0.4, 0.5) is 0 Å². The minimum Gasteiger partial charge on any atom is -0.504 e. The molecule has 0 aliphatic carbocycles. The summed E-state index contributed by atoms with van der Waals surface area (Å²) in [5.41, 5.74) is 0.245.